The van der Waals surface area contributed by atoms with Crippen molar-refractivity contribution in [1.29, 1.82) is 0 Å². The van der Waals surface area contributed by atoms with E-state index < -0.39 is 0 Å². The maximum atomic E-state index is 12.2. The van der Waals surface area contributed by atoms with Gasteiger partial charge in [0.2, 0.25) is 11.0 Å². The highest BCUT2D eigenvalue weighted by molar-refractivity contribution is 7.15. The van der Waals surface area contributed by atoms with Crippen LogP contribution < -0.4 is 11.1 Å². The molecular weight excluding hydrogens is 304 g/mol. The zero-order valence-electron chi connectivity index (χ0n) is 12.1. The first-order valence-electron chi connectivity index (χ1n) is 6.60. The molecule has 0 aliphatic rings. The largest absolute Gasteiger partial charge is 0.374 e. The Morgan fingerprint density at radius 3 is 2.86 bits per heavy atom. The molecule has 3 N–H and O–H groups in total. The lowest BCUT2D eigenvalue weighted by Gasteiger charge is -2.05. The highest BCUT2D eigenvalue weighted by atomic mass is 32.1. The number of carbonyl (C=O) groups excluding carboxylic acids is 1. The number of nitrogens with two attached hydrogens (primary N) is 1. The summed E-state index contributed by atoms with van der Waals surface area (Å²) in [5.41, 5.74) is 7.20. The Hall–Kier alpha value is -2.62. The molecule has 114 valence electrons. The molecule has 0 aliphatic carbocycles. The number of anilines is 1. The third-order valence-electron chi connectivity index (χ3n) is 3.00. The number of hydrogen-bond acceptors (Lipinski definition) is 8. The Bertz CT molecular complexity index is 839. The van der Waals surface area contributed by atoms with Gasteiger partial charge in [0.1, 0.15) is 5.01 Å². The molecule has 0 bridgehead atoms. The summed E-state index contributed by atoms with van der Waals surface area (Å²) < 4.78 is 1.63. The summed E-state index contributed by atoms with van der Waals surface area (Å²) >= 11 is 1.30. The van der Waals surface area contributed by atoms with Crippen LogP contribution in [0.4, 0.5) is 5.13 Å². The van der Waals surface area contributed by atoms with Crippen LogP contribution in [0.15, 0.2) is 6.07 Å². The number of hydrogen-bond donors (Lipinski definition) is 2. The molecule has 0 unspecified atom stereocenters. The standard InChI is InChI=1S/C12H14N8OS/c1-6-5-7(2)20-9(17-19-12(20)15-6)10(21)14-4-3-8-16-18-11(13)22-8/h5H,3-4H2,1-2H3,(H2,13,18)(H,14,21). The smallest absolute Gasteiger partial charge is 0.289 e. The number of nitrogens with one attached hydrogen (secondary N) is 1. The number of fused-ring (bicyclic) bond motifs is 1. The second-order valence-corrected chi connectivity index (χ2v) is 5.83. The molecule has 3 aromatic heterocycles. The molecule has 0 spiro atoms. The predicted molar refractivity (Wildman–Crippen MR) is 80.6 cm³/mol. The summed E-state index contributed by atoms with van der Waals surface area (Å²) in [6.07, 6.45) is 0.563. The van der Waals surface area contributed by atoms with Gasteiger partial charge in [0, 0.05) is 24.4 Å². The Morgan fingerprint density at radius 1 is 1.32 bits per heavy atom. The average Bonchev–Trinajstić information content (AvgIpc) is 3.05. The first-order chi connectivity index (χ1) is 10.5. The van der Waals surface area contributed by atoms with Gasteiger partial charge in [-0.25, -0.2) is 4.98 Å². The SMILES string of the molecule is Cc1cc(C)n2c(C(=O)NCCc3nnc(N)s3)nnc2n1. The maximum Gasteiger partial charge on any atom is 0.289 e. The summed E-state index contributed by atoms with van der Waals surface area (Å²) in [6, 6.07) is 1.87. The van der Waals surface area contributed by atoms with E-state index in [-0.39, 0.29) is 11.7 Å². The van der Waals surface area contributed by atoms with E-state index in [1.807, 2.05) is 19.9 Å². The van der Waals surface area contributed by atoms with Gasteiger partial charge in [-0.2, -0.15) is 0 Å². The second-order valence-electron chi connectivity index (χ2n) is 4.74. The Balaban J connectivity index is 1.72. The topological polar surface area (TPSA) is 124 Å². The average molecular weight is 318 g/mol. The molecule has 0 atom stereocenters. The van der Waals surface area contributed by atoms with Gasteiger partial charge in [-0.1, -0.05) is 11.3 Å². The minimum Gasteiger partial charge on any atom is -0.374 e. The van der Waals surface area contributed by atoms with E-state index in [1.165, 1.54) is 11.3 Å². The van der Waals surface area contributed by atoms with Crippen molar-refractivity contribution >= 4 is 28.2 Å². The highest BCUT2D eigenvalue weighted by Gasteiger charge is 2.16. The van der Waals surface area contributed by atoms with Crippen LogP contribution in [0.1, 0.15) is 27.0 Å². The van der Waals surface area contributed by atoms with E-state index in [4.69, 9.17) is 5.73 Å². The number of aromatic nitrogens is 6. The summed E-state index contributed by atoms with van der Waals surface area (Å²) in [5, 5.41) is 19.5. The molecular formula is C12H14N8OS. The summed E-state index contributed by atoms with van der Waals surface area (Å²) in [7, 11) is 0. The van der Waals surface area contributed by atoms with Gasteiger partial charge in [0.25, 0.3) is 11.7 Å². The zero-order valence-corrected chi connectivity index (χ0v) is 12.9. The van der Waals surface area contributed by atoms with Crippen LogP contribution in [-0.4, -0.2) is 42.2 Å². The lowest BCUT2D eigenvalue weighted by atomic mass is 10.3. The van der Waals surface area contributed by atoms with Crippen molar-refractivity contribution < 1.29 is 4.79 Å². The summed E-state index contributed by atoms with van der Waals surface area (Å²) in [4.78, 5) is 16.5. The monoisotopic (exact) mass is 318 g/mol. The van der Waals surface area contributed by atoms with Crippen LogP contribution in [0.2, 0.25) is 0 Å². The first-order valence-corrected chi connectivity index (χ1v) is 7.41. The Labute approximate surface area is 129 Å². The third kappa shape index (κ3) is 2.72. The van der Waals surface area contributed by atoms with Crippen molar-refractivity contribution in [2.45, 2.75) is 20.3 Å². The minimum atomic E-state index is -0.307. The fraction of sp³-hybridized carbons (Fsp3) is 0.333. The molecule has 0 radical (unpaired) electrons. The lowest BCUT2D eigenvalue weighted by molar-refractivity contribution is 0.0942. The van der Waals surface area contributed by atoms with E-state index in [0.29, 0.717) is 23.9 Å². The lowest BCUT2D eigenvalue weighted by Crippen LogP contribution is -2.28. The van der Waals surface area contributed by atoms with Gasteiger partial charge in [-0.15, -0.1) is 20.4 Å². The van der Waals surface area contributed by atoms with Crippen molar-refractivity contribution in [2.24, 2.45) is 0 Å². The maximum absolute atomic E-state index is 12.2. The van der Waals surface area contributed by atoms with Crippen LogP contribution >= 0.6 is 11.3 Å². The van der Waals surface area contributed by atoms with Crippen LogP contribution in [0.5, 0.6) is 0 Å². The number of carbonyl (C=O) groups is 1. The van der Waals surface area contributed by atoms with E-state index in [9.17, 15) is 4.79 Å². The van der Waals surface area contributed by atoms with Gasteiger partial charge in [0.15, 0.2) is 0 Å². The molecule has 9 nitrogen and oxygen atoms in total. The fourth-order valence-electron chi connectivity index (χ4n) is 2.11. The van der Waals surface area contributed by atoms with E-state index >= 15 is 0 Å². The number of rotatable bonds is 4. The molecule has 0 fully saturated rings. The summed E-state index contributed by atoms with van der Waals surface area (Å²) in [6.45, 7) is 4.17. The van der Waals surface area contributed by atoms with Crippen molar-refractivity contribution in [3.63, 3.8) is 0 Å². The van der Waals surface area contributed by atoms with Crippen LogP contribution in [0.3, 0.4) is 0 Å². The van der Waals surface area contributed by atoms with Crippen molar-refractivity contribution in [3.05, 3.63) is 28.3 Å². The van der Waals surface area contributed by atoms with E-state index in [1.54, 1.807) is 4.40 Å². The second kappa shape index (κ2) is 5.64. The molecule has 3 heterocycles. The molecule has 22 heavy (non-hydrogen) atoms. The van der Waals surface area contributed by atoms with Crippen molar-refractivity contribution in [1.82, 2.24) is 35.1 Å². The number of nitrogen functional groups attached to an aromatic ring is 1. The predicted octanol–water partition coefficient (Wildman–Crippen LogP) is 0.147. The highest BCUT2D eigenvalue weighted by Crippen LogP contribution is 2.11. The molecule has 1 amide bonds. The van der Waals surface area contributed by atoms with E-state index in [2.05, 4.69) is 30.7 Å². The Morgan fingerprint density at radius 2 is 2.14 bits per heavy atom. The van der Waals surface area contributed by atoms with E-state index in [0.717, 1.165) is 16.4 Å². The molecule has 0 aliphatic heterocycles. The van der Waals surface area contributed by atoms with Gasteiger partial charge < -0.3 is 11.1 Å². The third-order valence-corrected chi connectivity index (χ3v) is 3.81. The molecule has 0 aromatic carbocycles. The quantitative estimate of drug-likeness (QED) is 0.701. The molecule has 3 aromatic rings. The van der Waals surface area contributed by atoms with Crippen LogP contribution in [-0.2, 0) is 6.42 Å². The van der Waals surface area contributed by atoms with Crippen molar-refractivity contribution in [3.8, 4) is 0 Å². The van der Waals surface area contributed by atoms with Gasteiger partial charge in [-0.3, -0.25) is 9.20 Å². The number of aryl methyl sites for hydroxylation is 2. The van der Waals surface area contributed by atoms with Gasteiger partial charge in [0.05, 0.1) is 0 Å². The summed E-state index contributed by atoms with van der Waals surface area (Å²) in [5.74, 6) is 0.329. The molecule has 3 rings (SSSR count). The fourth-order valence-corrected chi connectivity index (χ4v) is 2.72. The van der Waals surface area contributed by atoms with Gasteiger partial charge >= 0.3 is 0 Å². The number of amides is 1. The van der Waals surface area contributed by atoms with Crippen LogP contribution in [0.25, 0.3) is 5.78 Å². The molecule has 0 saturated heterocycles. The molecule has 10 heteroatoms. The zero-order chi connectivity index (χ0) is 15.7. The normalized spacial score (nSPS) is 11.0. The first kappa shape index (κ1) is 14.3. The Kier molecular flexibility index (Phi) is 3.67. The van der Waals surface area contributed by atoms with Crippen LogP contribution in [0, 0.1) is 13.8 Å². The number of nitrogens with zero attached hydrogens (tertiary/aromatic N) is 6. The van der Waals surface area contributed by atoms with Gasteiger partial charge in [-0.05, 0) is 19.9 Å². The minimum absolute atomic E-state index is 0.219. The molecule has 0 saturated carbocycles. The van der Waals surface area contributed by atoms with Crippen molar-refractivity contribution in [2.75, 3.05) is 12.3 Å².